The summed E-state index contributed by atoms with van der Waals surface area (Å²) in [6.07, 6.45) is 1.51. The Labute approximate surface area is 138 Å². The zero-order valence-electron chi connectivity index (χ0n) is 12.8. The summed E-state index contributed by atoms with van der Waals surface area (Å²) in [7, 11) is 2.03. The van der Waals surface area contributed by atoms with Gasteiger partial charge in [0.2, 0.25) is 5.91 Å². The van der Waals surface area contributed by atoms with Crippen LogP contribution < -0.4 is 0 Å². The van der Waals surface area contributed by atoms with Gasteiger partial charge in [0.05, 0.1) is 5.56 Å². The molecule has 1 fully saturated rings. The summed E-state index contributed by atoms with van der Waals surface area (Å²) in [4.78, 5) is 27.9. The molecule has 1 aromatic heterocycles. The normalized spacial score (nSPS) is 16.0. The maximum Gasteiger partial charge on any atom is 0.337 e. The molecule has 0 saturated carbocycles. The fourth-order valence-corrected chi connectivity index (χ4v) is 3.04. The number of benzene rings is 1. The molecule has 6 nitrogen and oxygen atoms in total. The molecule has 0 unspecified atom stereocenters. The summed E-state index contributed by atoms with van der Waals surface area (Å²) >= 11 is 5.96. The molecule has 2 heterocycles. The van der Waals surface area contributed by atoms with Crippen molar-refractivity contribution in [2.24, 2.45) is 0 Å². The summed E-state index contributed by atoms with van der Waals surface area (Å²) < 4.78 is 1.69. The van der Waals surface area contributed by atoms with Crippen LogP contribution >= 0.6 is 11.6 Å². The van der Waals surface area contributed by atoms with Gasteiger partial charge < -0.3 is 19.5 Å². The molecule has 0 radical (unpaired) electrons. The van der Waals surface area contributed by atoms with Crippen LogP contribution in [0.15, 0.2) is 24.4 Å². The summed E-state index contributed by atoms with van der Waals surface area (Å²) in [6.45, 7) is 3.25. The first-order chi connectivity index (χ1) is 11.0. The number of hydrogen-bond acceptors (Lipinski definition) is 3. The second kappa shape index (κ2) is 6.22. The number of halogens is 1. The van der Waals surface area contributed by atoms with Crippen molar-refractivity contribution in [1.82, 2.24) is 14.4 Å². The summed E-state index contributed by atoms with van der Waals surface area (Å²) in [6, 6.07) is 5.07. The maximum absolute atomic E-state index is 12.5. The Hall–Kier alpha value is -2.05. The van der Waals surface area contributed by atoms with Crippen molar-refractivity contribution in [2.45, 2.75) is 6.54 Å². The molecule has 1 amide bonds. The van der Waals surface area contributed by atoms with Crippen LogP contribution in [0.4, 0.5) is 0 Å². The molecule has 3 rings (SSSR count). The van der Waals surface area contributed by atoms with Crippen LogP contribution in [0, 0.1) is 0 Å². The molecule has 0 aliphatic carbocycles. The molecule has 122 valence electrons. The number of nitrogens with zero attached hydrogens (tertiary/aromatic N) is 3. The van der Waals surface area contributed by atoms with Gasteiger partial charge in [-0.3, -0.25) is 4.79 Å². The monoisotopic (exact) mass is 335 g/mol. The number of piperazine rings is 1. The van der Waals surface area contributed by atoms with Crippen LogP contribution in [0.1, 0.15) is 10.4 Å². The number of rotatable bonds is 3. The maximum atomic E-state index is 12.5. The number of aromatic carboxylic acids is 1. The average molecular weight is 336 g/mol. The molecule has 23 heavy (non-hydrogen) atoms. The lowest BCUT2D eigenvalue weighted by Crippen LogP contribution is -2.48. The highest BCUT2D eigenvalue weighted by atomic mass is 35.5. The molecule has 0 atom stereocenters. The molecule has 1 aromatic carbocycles. The number of likely N-dealkylation sites (N-methyl/N-ethyl adjacent to an activating group) is 1. The van der Waals surface area contributed by atoms with Crippen LogP contribution in [-0.2, 0) is 11.3 Å². The van der Waals surface area contributed by atoms with Crippen molar-refractivity contribution >= 4 is 34.4 Å². The topological polar surface area (TPSA) is 65.8 Å². The Morgan fingerprint density at radius 2 is 1.91 bits per heavy atom. The van der Waals surface area contributed by atoms with Gasteiger partial charge >= 0.3 is 5.97 Å². The van der Waals surface area contributed by atoms with Gasteiger partial charge in [0.15, 0.2) is 0 Å². The predicted molar refractivity (Wildman–Crippen MR) is 88.0 cm³/mol. The molecule has 0 bridgehead atoms. The lowest BCUT2D eigenvalue weighted by molar-refractivity contribution is -0.133. The lowest BCUT2D eigenvalue weighted by Gasteiger charge is -2.32. The van der Waals surface area contributed by atoms with Crippen molar-refractivity contribution < 1.29 is 14.7 Å². The van der Waals surface area contributed by atoms with Gasteiger partial charge in [0, 0.05) is 48.3 Å². The van der Waals surface area contributed by atoms with Gasteiger partial charge in [-0.2, -0.15) is 0 Å². The third-order valence-electron chi connectivity index (χ3n) is 4.24. The van der Waals surface area contributed by atoms with E-state index < -0.39 is 5.97 Å². The van der Waals surface area contributed by atoms with Crippen molar-refractivity contribution in [3.8, 4) is 0 Å². The number of aromatic nitrogens is 1. The van der Waals surface area contributed by atoms with Crippen molar-refractivity contribution in [3.05, 3.63) is 35.0 Å². The number of carbonyl (C=O) groups excluding carboxylic acids is 1. The van der Waals surface area contributed by atoms with Gasteiger partial charge in [-0.15, -0.1) is 0 Å². The van der Waals surface area contributed by atoms with Crippen LogP contribution in [0.3, 0.4) is 0 Å². The van der Waals surface area contributed by atoms with E-state index in [2.05, 4.69) is 4.90 Å². The van der Waals surface area contributed by atoms with E-state index in [9.17, 15) is 14.7 Å². The van der Waals surface area contributed by atoms with Crippen molar-refractivity contribution in [1.29, 1.82) is 0 Å². The molecule has 1 aliphatic heterocycles. The Morgan fingerprint density at radius 3 is 2.57 bits per heavy atom. The second-order valence-corrected chi connectivity index (χ2v) is 6.26. The van der Waals surface area contributed by atoms with E-state index in [-0.39, 0.29) is 18.0 Å². The number of carboxylic acids is 1. The van der Waals surface area contributed by atoms with Gasteiger partial charge in [0.1, 0.15) is 6.54 Å². The molecule has 2 aromatic rings. The Kier molecular flexibility index (Phi) is 4.28. The van der Waals surface area contributed by atoms with E-state index in [1.807, 2.05) is 11.9 Å². The molecule has 1 N–H and O–H groups in total. The van der Waals surface area contributed by atoms with Crippen molar-refractivity contribution in [2.75, 3.05) is 33.2 Å². The molecule has 1 aliphatic rings. The smallest absolute Gasteiger partial charge is 0.337 e. The first-order valence-electron chi connectivity index (χ1n) is 7.43. The highest BCUT2D eigenvalue weighted by Gasteiger charge is 2.21. The molecular formula is C16H18ClN3O3. The molecular weight excluding hydrogens is 318 g/mol. The summed E-state index contributed by atoms with van der Waals surface area (Å²) in [5.41, 5.74) is 0.864. The fraction of sp³-hybridized carbons (Fsp3) is 0.375. The number of carbonyl (C=O) groups is 2. The quantitative estimate of drug-likeness (QED) is 0.928. The van der Waals surface area contributed by atoms with E-state index in [0.717, 1.165) is 13.1 Å². The van der Waals surface area contributed by atoms with E-state index in [4.69, 9.17) is 11.6 Å². The number of hydrogen-bond donors (Lipinski definition) is 1. The van der Waals surface area contributed by atoms with Crippen LogP contribution in [0.5, 0.6) is 0 Å². The minimum absolute atomic E-state index is 0.00175. The van der Waals surface area contributed by atoms with Crippen LogP contribution in [0.25, 0.3) is 10.9 Å². The third kappa shape index (κ3) is 3.18. The van der Waals surface area contributed by atoms with E-state index >= 15 is 0 Å². The second-order valence-electron chi connectivity index (χ2n) is 5.82. The first kappa shape index (κ1) is 15.8. The highest BCUT2D eigenvalue weighted by molar-refractivity contribution is 6.31. The Balaban J connectivity index is 1.88. The van der Waals surface area contributed by atoms with Gasteiger partial charge in [-0.1, -0.05) is 11.6 Å². The van der Waals surface area contributed by atoms with E-state index in [1.54, 1.807) is 22.8 Å². The summed E-state index contributed by atoms with van der Waals surface area (Å²) in [5, 5.41) is 10.4. The standard InChI is InChI=1S/C16H18ClN3O3/c1-18-4-6-19(7-5-18)15(21)10-20-9-13(16(22)23)12-8-11(17)2-3-14(12)20/h2-3,8-9H,4-7,10H2,1H3,(H,22,23). The minimum Gasteiger partial charge on any atom is -0.478 e. The number of carboxylic acid groups (broad SMARTS) is 1. The molecule has 7 heteroatoms. The van der Waals surface area contributed by atoms with Gasteiger partial charge in [0.25, 0.3) is 0 Å². The van der Waals surface area contributed by atoms with Crippen LogP contribution in [0.2, 0.25) is 5.02 Å². The first-order valence-corrected chi connectivity index (χ1v) is 7.81. The fourth-order valence-electron chi connectivity index (χ4n) is 2.87. The largest absolute Gasteiger partial charge is 0.478 e. The SMILES string of the molecule is CN1CCN(C(=O)Cn2cc(C(=O)O)c3cc(Cl)ccc32)CC1. The van der Waals surface area contributed by atoms with E-state index in [1.165, 1.54) is 6.20 Å². The van der Waals surface area contributed by atoms with Gasteiger partial charge in [-0.25, -0.2) is 4.79 Å². The molecule has 0 spiro atoms. The Bertz CT molecular complexity index is 763. The highest BCUT2D eigenvalue weighted by Crippen LogP contribution is 2.25. The lowest BCUT2D eigenvalue weighted by atomic mass is 10.2. The Morgan fingerprint density at radius 1 is 1.22 bits per heavy atom. The summed E-state index contributed by atoms with van der Waals surface area (Å²) in [5.74, 6) is -1.02. The minimum atomic E-state index is -1.02. The average Bonchev–Trinajstić information content (AvgIpc) is 2.86. The molecule has 1 saturated heterocycles. The van der Waals surface area contributed by atoms with Crippen molar-refractivity contribution in [3.63, 3.8) is 0 Å². The zero-order valence-corrected chi connectivity index (χ0v) is 13.6. The van der Waals surface area contributed by atoms with Crippen LogP contribution in [-0.4, -0.2) is 64.6 Å². The zero-order chi connectivity index (χ0) is 16.6. The number of amides is 1. The number of fused-ring (bicyclic) bond motifs is 1. The van der Waals surface area contributed by atoms with Gasteiger partial charge in [-0.05, 0) is 25.2 Å². The third-order valence-corrected chi connectivity index (χ3v) is 4.47. The van der Waals surface area contributed by atoms with E-state index in [0.29, 0.717) is 29.0 Å². The predicted octanol–water partition coefficient (Wildman–Crippen LogP) is 1.77.